The monoisotopic (exact) mass is 242 g/mol. The molecule has 0 saturated heterocycles. The third kappa shape index (κ3) is 2.95. The topological polar surface area (TPSA) is 9.23 Å². The molecule has 1 unspecified atom stereocenters. The molecule has 17 heavy (non-hydrogen) atoms. The molecule has 0 saturated carbocycles. The van der Waals surface area contributed by atoms with Gasteiger partial charge in [-0.3, -0.25) is 0 Å². The Kier molecular flexibility index (Phi) is 3.95. The molecule has 2 rings (SSSR count). The number of rotatable bonds is 3. The second-order valence-corrected chi connectivity index (χ2v) is 4.33. The maximum absolute atomic E-state index is 5.47. The first-order chi connectivity index (χ1) is 8.31. The molecule has 0 N–H and O–H groups in total. The lowest BCUT2D eigenvalue weighted by atomic mass is 10.1. The average molecular weight is 242 g/mol. The van der Waals surface area contributed by atoms with Crippen LogP contribution in [0.15, 0.2) is 54.6 Å². The molecular formula is C15H15OP. The normalized spacial score (nSPS) is 11.3. The highest BCUT2D eigenvalue weighted by Gasteiger charge is 2.04. The quantitative estimate of drug-likeness (QED) is 0.455. The van der Waals surface area contributed by atoms with Crippen LogP contribution in [0.4, 0.5) is 0 Å². The second kappa shape index (κ2) is 5.65. The van der Waals surface area contributed by atoms with Gasteiger partial charge in [-0.15, -0.1) is 9.24 Å². The van der Waals surface area contributed by atoms with Gasteiger partial charge >= 0.3 is 0 Å². The third-order valence-corrected chi connectivity index (χ3v) is 3.05. The van der Waals surface area contributed by atoms with Gasteiger partial charge in [0.25, 0.3) is 0 Å². The number of methoxy groups -OCH3 is 1. The van der Waals surface area contributed by atoms with E-state index in [4.69, 9.17) is 4.74 Å². The predicted molar refractivity (Wildman–Crippen MR) is 77.1 cm³/mol. The van der Waals surface area contributed by atoms with Crippen LogP contribution in [-0.2, 0) is 4.74 Å². The van der Waals surface area contributed by atoms with Crippen LogP contribution < -0.4 is 5.30 Å². The van der Waals surface area contributed by atoms with Crippen molar-refractivity contribution in [1.29, 1.82) is 0 Å². The molecule has 0 aromatic heterocycles. The summed E-state index contributed by atoms with van der Waals surface area (Å²) >= 11 is 0. The number of hydrogen-bond donors (Lipinski definition) is 0. The fraction of sp³-hybridized carbons (Fsp3) is 0.0667. The molecule has 1 nitrogen and oxygen atoms in total. The number of ether oxygens (including phenoxy) is 1. The van der Waals surface area contributed by atoms with Crippen molar-refractivity contribution in [2.24, 2.45) is 0 Å². The highest BCUT2D eigenvalue weighted by molar-refractivity contribution is 7.27. The van der Waals surface area contributed by atoms with Crippen LogP contribution >= 0.6 is 9.24 Å². The first-order valence-corrected chi connectivity index (χ1v) is 6.04. The number of hydrogen-bond acceptors (Lipinski definition) is 1. The van der Waals surface area contributed by atoms with E-state index < -0.39 is 0 Å². The van der Waals surface area contributed by atoms with Gasteiger partial charge in [0.1, 0.15) is 5.76 Å². The van der Waals surface area contributed by atoms with E-state index in [0.717, 1.165) is 22.2 Å². The third-order valence-electron chi connectivity index (χ3n) is 2.54. The fourth-order valence-corrected chi connectivity index (χ4v) is 2.02. The molecule has 0 amide bonds. The molecule has 2 aromatic rings. The maximum atomic E-state index is 5.47. The van der Waals surface area contributed by atoms with Crippen molar-refractivity contribution in [1.82, 2.24) is 0 Å². The van der Waals surface area contributed by atoms with Crippen molar-refractivity contribution in [2.45, 2.75) is 0 Å². The van der Waals surface area contributed by atoms with Crippen molar-refractivity contribution < 1.29 is 4.74 Å². The first kappa shape index (κ1) is 11.9. The smallest absolute Gasteiger partial charge is 0.127 e. The molecular weight excluding hydrogens is 227 g/mol. The van der Waals surface area contributed by atoms with Crippen molar-refractivity contribution in [3.63, 3.8) is 0 Å². The minimum Gasteiger partial charge on any atom is -0.496 e. The van der Waals surface area contributed by atoms with Crippen molar-refractivity contribution >= 4 is 26.4 Å². The highest BCUT2D eigenvalue weighted by Crippen LogP contribution is 2.18. The summed E-state index contributed by atoms with van der Waals surface area (Å²) < 4.78 is 5.47. The van der Waals surface area contributed by atoms with Gasteiger partial charge in [0.2, 0.25) is 0 Å². The lowest BCUT2D eigenvalue weighted by Crippen LogP contribution is -2.01. The van der Waals surface area contributed by atoms with Crippen LogP contribution in [0.2, 0.25) is 0 Å². The van der Waals surface area contributed by atoms with Gasteiger partial charge in [-0.25, -0.2) is 0 Å². The minimum atomic E-state index is 0.877. The Morgan fingerprint density at radius 1 is 1.00 bits per heavy atom. The predicted octanol–water partition coefficient (Wildman–Crippen LogP) is 3.33. The van der Waals surface area contributed by atoms with Crippen LogP contribution in [0.1, 0.15) is 11.1 Å². The summed E-state index contributed by atoms with van der Waals surface area (Å²) in [5.41, 5.74) is 2.24. The van der Waals surface area contributed by atoms with Crippen LogP contribution in [0.3, 0.4) is 0 Å². The average Bonchev–Trinajstić information content (AvgIpc) is 2.38. The molecule has 0 bridgehead atoms. The molecule has 86 valence electrons. The molecule has 0 aliphatic rings. The van der Waals surface area contributed by atoms with E-state index in [1.54, 1.807) is 7.11 Å². The van der Waals surface area contributed by atoms with Crippen molar-refractivity contribution in [3.05, 3.63) is 65.7 Å². The minimum absolute atomic E-state index is 0.877. The van der Waals surface area contributed by atoms with Gasteiger partial charge in [0.05, 0.1) is 7.11 Å². The Balaban J connectivity index is 2.41. The van der Waals surface area contributed by atoms with Crippen LogP contribution in [-0.4, -0.2) is 7.11 Å². The van der Waals surface area contributed by atoms with Gasteiger partial charge in [-0.2, -0.15) is 0 Å². The molecule has 2 heteroatoms. The molecule has 0 heterocycles. The van der Waals surface area contributed by atoms with Crippen LogP contribution in [0.25, 0.3) is 11.8 Å². The molecule has 0 radical (unpaired) electrons. The Morgan fingerprint density at radius 2 is 1.65 bits per heavy atom. The lowest BCUT2D eigenvalue weighted by Gasteiger charge is -2.09. The van der Waals surface area contributed by atoms with E-state index in [2.05, 4.69) is 33.5 Å². The van der Waals surface area contributed by atoms with Gasteiger partial charge in [-0.1, -0.05) is 54.6 Å². The number of benzene rings is 2. The van der Waals surface area contributed by atoms with Gasteiger partial charge in [0.15, 0.2) is 0 Å². The largest absolute Gasteiger partial charge is 0.496 e. The highest BCUT2D eigenvalue weighted by atomic mass is 31.0. The van der Waals surface area contributed by atoms with E-state index >= 15 is 0 Å². The zero-order chi connectivity index (χ0) is 12.1. The van der Waals surface area contributed by atoms with Crippen molar-refractivity contribution in [2.75, 3.05) is 7.11 Å². The van der Waals surface area contributed by atoms with Crippen LogP contribution in [0, 0.1) is 0 Å². The molecule has 0 aliphatic heterocycles. The van der Waals surface area contributed by atoms with Crippen molar-refractivity contribution in [3.8, 4) is 0 Å². The summed E-state index contributed by atoms with van der Waals surface area (Å²) in [6.45, 7) is 0. The zero-order valence-electron chi connectivity index (χ0n) is 9.76. The standard InChI is InChI=1S/C15H15OP/c1-16-14(11-12-7-3-2-4-8-12)13-9-5-6-10-15(13)17/h2-11H,17H2,1H3. The molecule has 0 fully saturated rings. The Labute approximate surface area is 104 Å². The van der Waals surface area contributed by atoms with E-state index in [1.165, 1.54) is 0 Å². The van der Waals surface area contributed by atoms with E-state index in [-0.39, 0.29) is 0 Å². The first-order valence-electron chi connectivity index (χ1n) is 5.47. The van der Waals surface area contributed by atoms with Gasteiger partial charge in [0, 0.05) is 5.56 Å². The van der Waals surface area contributed by atoms with Gasteiger partial charge < -0.3 is 4.74 Å². The van der Waals surface area contributed by atoms with E-state index in [1.807, 2.05) is 36.4 Å². The summed E-state index contributed by atoms with van der Waals surface area (Å²) in [6.07, 6.45) is 2.04. The molecule has 0 spiro atoms. The summed E-state index contributed by atoms with van der Waals surface area (Å²) in [5, 5.41) is 1.14. The summed E-state index contributed by atoms with van der Waals surface area (Å²) in [7, 11) is 4.43. The van der Waals surface area contributed by atoms with Gasteiger partial charge in [-0.05, 0) is 16.9 Å². The van der Waals surface area contributed by atoms with Crippen LogP contribution in [0.5, 0.6) is 0 Å². The zero-order valence-corrected chi connectivity index (χ0v) is 10.9. The summed E-state index contributed by atoms with van der Waals surface area (Å²) in [4.78, 5) is 0. The molecule has 2 aromatic carbocycles. The fourth-order valence-electron chi connectivity index (χ4n) is 1.67. The Morgan fingerprint density at radius 3 is 2.29 bits per heavy atom. The Hall–Kier alpha value is -1.59. The maximum Gasteiger partial charge on any atom is 0.127 e. The SMILES string of the molecule is COC(=Cc1ccccc1)c1ccccc1P. The second-order valence-electron chi connectivity index (χ2n) is 3.71. The summed E-state index contributed by atoms with van der Waals surface area (Å²) in [5.74, 6) is 0.877. The summed E-state index contributed by atoms with van der Waals surface area (Å²) in [6, 6.07) is 18.3. The lowest BCUT2D eigenvalue weighted by molar-refractivity contribution is 0.373. The Bertz CT molecular complexity index is 517. The van der Waals surface area contributed by atoms with E-state index in [0.29, 0.717) is 0 Å². The molecule has 1 atom stereocenters. The molecule has 0 aliphatic carbocycles. The van der Waals surface area contributed by atoms with E-state index in [9.17, 15) is 0 Å².